The van der Waals surface area contributed by atoms with E-state index in [1.54, 1.807) is 5.01 Å². The highest BCUT2D eigenvalue weighted by Crippen LogP contribution is 2.35. The van der Waals surface area contributed by atoms with Crippen molar-refractivity contribution in [3.05, 3.63) is 70.3 Å². The molecule has 1 amide bonds. The number of likely N-dealkylation sites (tertiary alicyclic amines) is 1. The number of carbonyl (C=O) groups is 1. The highest BCUT2D eigenvalue weighted by Gasteiger charge is 2.41. The fourth-order valence-electron chi connectivity index (χ4n) is 5.19. The summed E-state index contributed by atoms with van der Waals surface area (Å²) < 4.78 is 11.7. The maximum absolute atomic E-state index is 13.5. The second-order valence-electron chi connectivity index (χ2n) is 9.62. The van der Waals surface area contributed by atoms with Crippen LogP contribution in [0.5, 0.6) is 0 Å². The molecular weight excluding hydrogens is 414 g/mol. The van der Waals surface area contributed by atoms with E-state index in [-0.39, 0.29) is 11.9 Å². The Morgan fingerprint density at radius 3 is 2.33 bits per heavy atom. The minimum Gasteiger partial charge on any atom is -0.347 e. The molecule has 33 heavy (non-hydrogen) atoms. The van der Waals surface area contributed by atoms with Gasteiger partial charge in [-0.05, 0) is 31.9 Å². The number of rotatable bonds is 4. The van der Waals surface area contributed by atoms with Gasteiger partial charge >= 0.3 is 0 Å². The predicted molar refractivity (Wildman–Crippen MR) is 128 cm³/mol. The number of amides is 1. The first-order valence-electron chi connectivity index (χ1n) is 12.0. The molecule has 5 rings (SSSR count). The van der Waals surface area contributed by atoms with Crippen LogP contribution in [0.1, 0.15) is 53.1 Å². The third-order valence-corrected chi connectivity index (χ3v) is 7.11. The molecule has 6 nitrogen and oxygen atoms in total. The quantitative estimate of drug-likeness (QED) is 0.707. The Morgan fingerprint density at radius 1 is 1.00 bits per heavy atom. The number of hydrogen-bond donors (Lipinski definition) is 0. The van der Waals surface area contributed by atoms with Crippen molar-refractivity contribution in [2.45, 2.75) is 51.9 Å². The average Bonchev–Trinajstić information content (AvgIpc) is 3.44. The van der Waals surface area contributed by atoms with Crippen LogP contribution in [-0.4, -0.2) is 60.2 Å². The van der Waals surface area contributed by atoms with Crippen molar-refractivity contribution in [2.24, 2.45) is 5.10 Å². The Bertz CT molecular complexity index is 1050. The zero-order valence-corrected chi connectivity index (χ0v) is 19.8. The number of aryl methyl sites for hydroxylation is 3. The number of hydrogen-bond acceptors (Lipinski definition) is 5. The van der Waals surface area contributed by atoms with E-state index in [4.69, 9.17) is 14.6 Å². The Kier molecular flexibility index (Phi) is 6.08. The molecule has 0 radical (unpaired) electrons. The minimum absolute atomic E-state index is 0.0459. The van der Waals surface area contributed by atoms with Crippen molar-refractivity contribution in [3.63, 3.8) is 0 Å². The number of ether oxygens (including phenoxy) is 2. The lowest BCUT2D eigenvalue weighted by atomic mass is 9.95. The monoisotopic (exact) mass is 447 g/mol. The van der Waals surface area contributed by atoms with Gasteiger partial charge < -0.3 is 9.47 Å². The summed E-state index contributed by atoms with van der Waals surface area (Å²) in [4.78, 5) is 15.7. The normalized spacial score (nSPS) is 22.7. The molecule has 0 N–H and O–H groups in total. The van der Waals surface area contributed by atoms with Gasteiger partial charge in [-0.15, -0.1) is 0 Å². The van der Waals surface area contributed by atoms with Crippen molar-refractivity contribution in [3.8, 4) is 0 Å². The lowest BCUT2D eigenvalue weighted by Gasteiger charge is -2.37. The van der Waals surface area contributed by atoms with E-state index in [1.165, 1.54) is 16.7 Å². The van der Waals surface area contributed by atoms with Crippen LogP contribution in [0, 0.1) is 20.8 Å². The number of nitrogens with zero attached hydrogens (tertiary/aromatic N) is 3. The van der Waals surface area contributed by atoms with Gasteiger partial charge in [-0.25, -0.2) is 5.01 Å². The Labute approximate surface area is 196 Å². The summed E-state index contributed by atoms with van der Waals surface area (Å²) in [6.07, 6.45) is 2.33. The summed E-state index contributed by atoms with van der Waals surface area (Å²) in [6.45, 7) is 9.59. The van der Waals surface area contributed by atoms with Crippen LogP contribution in [0.15, 0.2) is 47.6 Å². The van der Waals surface area contributed by atoms with Crippen molar-refractivity contribution in [1.29, 1.82) is 0 Å². The van der Waals surface area contributed by atoms with Crippen LogP contribution in [0.3, 0.4) is 0 Å². The van der Waals surface area contributed by atoms with Gasteiger partial charge in [0.05, 0.1) is 31.5 Å². The molecule has 1 atom stereocenters. The maximum Gasteiger partial charge on any atom is 0.257 e. The molecule has 0 unspecified atom stereocenters. The van der Waals surface area contributed by atoms with Gasteiger partial charge in [0, 0.05) is 37.9 Å². The molecule has 2 fully saturated rings. The van der Waals surface area contributed by atoms with E-state index in [0.717, 1.165) is 49.2 Å². The van der Waals surface area contributed by atoms with Gasteiger partial charge in [0.1, 0.15) is 0 Å². The molecule has 3 heterocycles. The van der Waals surface area contributed by atoms with Crippen LogP contribution < -0.4 is 0 Å². The van der Waals surface area contributed by atoms with Crippen LogP contribution in [0.25, 0.3) is 0 Å². The van der Waals surface area contributed by atoms with E-state index < -0.39 is 5.79 Å². The molecule has 0 saturated carbocycles. The van der Waals surface area contributed by atoms with E-state index in [0.29, 0.717) is 19.8 Å². The Hall–Kier alpha value is -2.54. The third-order valence-electron chi connectivity index (χ3n) is 7.11. The first kappa shape index (κ1) is 22.3. The van der Waals surface area contributed by atoms with Crippen LogP contribution in [-0.2, 0) is 14.3 Å². The lowest BCUT2D eigenvalue weighted by molar-refractivity contribution is -0.186. The van der Waals surface area contributed by atoms with Crippen molar-refractivity contribution >= 4 is 11.6 Å². The highest BCUT2D eigenvalue weighted by atomic mass is 16.7. The standard InChI is InChI=1S/C27H33N3O3/c1-19-4-7-22(8-5-19)25-17-24(23-9-6-20(2)16-21(23)3)28-30(25)26(31)18-29-12-10-27(11-13-29)32-14-15-33-27/h4-9,16,25H,10-15,17-18H2,1-3H3/t25-/m0/s1. The molecule has 2 aromatic carbocycles. The summed E-state index contributed by atoms with van der Waals surface area (Å²) in [6, 6.07) is 14.8. The maximum atomic E-state index is 13.5. The third kappa shape index (κ3) is 4.60. The van der Waals surface area contributed by atoms with Crippen LogP contribution in [0.2, 0.25) is 0 Å². The molecule has 0 aliphatic carbocycles. The SMILES string of the molecule is Cc1ccc([C@@H]2CC(c3ccc(C)cc3C)=NN2C(=O)CN2CCC3(CC2)OCCO3)cc1. The predicted octanol–water partition coefficient (Wildman–Crippen LogP) is 4.13. The molecule has 0 bridgehead atoms. The number of carbonyl (C=O) groups excluding carboxylic acids is 1. The largest absolute Gasteiger partial charge is 0.347 e. The molecule has 6 heteroatoms. The number of benzene rings is 2. The molecular formula is C27H33N3O3. The van der Waals surface area contributed by atoms with Crippen molar-refractivity contribution in [1.82, 2.24) is 9.91 Å². The van der Waals surface area contributed by atoms with Gasteiger partial charge in [-0.3, -0.25) is 9.69 Å². The summed E-state index contributed by atoms with van der Waals surface area (Å²) in [5.41, 5.74) is 6.88. The van der Waals surface area contributed by atoms with Crippen molar-refractivity contribution in [2.75, 3.05) is 32.8 Å². The van der Waals surface area contributed by atoms with Crippen molar-refractivity contribution < 1.29 is 14.3 Å². The average molecular weight is 448 g/mol. The minimum atomic E-state index is -0.425. The van der Waals surface area contributed by atoms with E-state index in [1.807, 2.05) is 0 Å². The zero-order chi connectivity index (χ0) is 23.0. The molecule has 3 aliphatic heterocycles. The molecule has 3 aliphatic rings. The number of piperidine rings is 1. The topological polar surface area (TPSA) is 54.4 Å². The smallest absolute Gasteiger partial charge is 0.257 e. The van der Waals surface area contributed by atoms with E-state index in [2.05, 4.69) is 68.1 Å². The van der Waals surface area contributed by atoms with Crippen LogP contribution >= 0.6 is 0 Å². The van der Waals surface area contributed by atoms with Crippen LogP contribution in [0.4, 0.5) is 0 Å². The molecule has 2 aromatic rings. The Morgan fingerprint density at radius 2 is 1.67 bits per heavy atom. The summed E-state index contributed by atoms with van der Waals surface area (Å²) in [5, 5.41) is 6.62. The second kappa shape index (κ2) is 9.01. The summed E-state index contributed by atoms with van der Waals surface area (Å²) in [5.74, 6) is -0.379. The van der Waals surface area contributed by atoms with E-state index >= 15 is 0 Å². The first-order valence-corrected chi connectivity index (χ1v) is 12.0. The molecule has 0 aromatic heterocycles. The van der Waals surface area contributed by atoms with Gasteiger partial charge in [-0.1, -0.05) is 53.6 Å². The first-order chi connectivity index (χ1) is 15.9. The summed E-state index contributed by atoms with van der Waals surface area (Å²) >= 11 is 0. The number of hydrazone groups is 1. The van der Waals surface area contributed by atoms with E-state index in [9.17, 15) is 4.79 Å². The Balaban J connectivity index is 1.36. The fourth-order valence-corrected chi connectivity index (χ4v) is 5.19. The van der Waals surface area contributed by atoms with Gasteiger partial charge in [0.15, 0.2) is 5.79 Å². The summed E-state index contributed by atoms with van der Waals surface area (Å²) in [7, 11) is 0. The zero-order valence-electron chi connectivity index (χ0n) is 19.8. The molecule has 174 valence electrons. The fraction of sp³-hybridized carbons (Fsp3) is 0.481. The van der Waals surface area contributed by atoms with Gasteiger partial charge in [0.25, 0.3) is 5.91 Å². The molecule has 2 saturated heterocycles. The van der Waals surface area contributed by atoms with Gasteiger partial charge in [0.2, 0.25) is 0 Å². The lowest BCUT2D eigenvalue weighted by Crippen LogP contribution is -2.48. The molecule has 1 spiro atoms. The van der Waals surface area contributed by atoms with Gasteiger partial charge in [-0.2, -0.15) is 5.10 Å². The highest BCUT2D eigenvalue weighted by molar-refractivity contribution is 6.04. The second-order valence-corrected chi connectivity index (χ2v) is 9.62.